The summed E-state index contributed by atoms with van der Waals surface area (Å²) in [5, 5.41) is 10.1. The minimum atomic E-state index is -0.810. The van der Waals surface area contributed by atoms with E-state index in [1.54, 1.807) is 12.1 Å². The predicted molar refractivity (Wildman–Crippen MR) is 68.9 cm³/mol. The molecule has 100 valence electrons. The summed E-state index contributed by atoms with van der Waals surface area (Å²) in [4.78, 5) is 25.5. The van der Waals surface area contributed by atoms with Crippen molar-refractivity contribution in [3.63, 3.8) is 0 Å². The van der Waals surface area contributed by atoms with E-state index in [4.69, 9.17) is 0 Å². The average molecular weight is 259 g/mol. The third-order valence-electron chi connectivity index (χ3n) is 4.43. The number of rotatable bonds is 3. The SMILES string of the molecule is CC1(C)C2C(=O)N(CC(O)c3ccccc3)C(=O)C21. The zero-order valence-corrected chi connectivity index (χ0v) is 11.0. The van der Waals surface area contributed by atoms with E-state index >= 15 is 0 Å². The molecule has 19 heavy (non-hydrogen) atoms. The van der Waals surface area contributed by atoms with Gasteiger partial charge in [0.1, 0.15) is 0 Å². The van der Waals surface area contributed by atoms with Gasteiger partial charge in [-0.2, -0.15) is 0 Å². The number of β-amino-alcohol motifs (C(OH)–C–C–N with tert-alkyl or cyclic N) is 1. The normalized spacial score (nSPS) is 29.3. The van der Waals surface area contributed by atoms with E-state index in [9.17, 15) is 14.7 Å². The lowest BCUT2D eigenvalue weighted by Gasteiger charge is -2.23. The molecule has 3 rings (SSSR count). The van der Waals surface area contributed by atoms with E-state index in [2.05, 4.69) is 0 Å². The number of amides is 2. The van der Waals surface area contributed by atoms with Crippen molar-refractivity contribution in [3.05, 3.63) is 35.9 Å². The molecule has 3 unspecified atom stereocenters. The lowest BCUT2D eigenvalue weighted by atomic mass is 10.0. The number of aliphatic hydroxyl groups is 1. The van der Waals surface area contributed by atoms with Crippen LogP contribution >= 0.6 is 0 Å². The Balaban J connectivity index is 1.73. The van der Waals surface area contributed by atoms with Gasteiger partial charge in [0.05, 0.1) is 24.5 Å². The van der Waals surface area contributed by atoms with Crippen LogP contribution in [0, 0.1) is 17.3 Å². The van der Waals surface area contributed by atoms with Crippen molar-refractivity contribution in [1.29, 1.82) is 0 Å². The molecule has 1 saturated heterocycles. The fourth-order valence-corrected chi connectivity index (χ4v) is 3.14. The molecule has 1 heterocycles. The van der Waals surface area contributed by atoms with E-state index in [0.29, 0.717) is 0 Å². The molecule has 3 atom stereocenters. The molecule has 1 N–H and O–H groups in total. The molecule has 0 bridgehead atoms. The number of likely N-dealkylation sites (tertiary alicyclic amines) is 1. The fraction of sp³-hybridized carbons (Fsp3) is 0.467. The molecule has 1 aliphatic heterocycles. The molecule has 4 nitrogen and oxygen atoms in total. The van der Waals surface area contributed by atoms with Crippen LogP contribution in [0.15, 0.2) is 30.3 Å². The highest BCUT2D eigenvalue weighted by atomic mass is 16.3. The Hall–Kier alpha value is -1.68. The molecule has 4 heteroatoms. The second-order valence-corrected chi connectivity index (χ2v) is 5.99. The first kappa shape index (κ1) is 12.4. The smallest absolute Gasteiger partial charge is 0.233 e. The number of fused-ring (bicyclic) bond motifs is 1. The number of nitrogens with zero attached hydrogens (tertiary/aromatic N) is 1. The van der Waals surface area contributed by atoms with Gasteiger partial charge in [-0.15, -0.1) is 0 Å². The molecule has 2 aliphatic rings. The van der Waals surface area contributed by atoms with Crippen molar-refractivity contribution < 1.29 is 14.7 Å². The number of piperidine rings is 1. The highest BCUT2D eigenvalue weighted by Crippen LogP contribution is 2.63. The molecule has 1 saturated carbocycles. The summed E-state index contributed by atoms with van der Waals surface area (Å²) in [5.41, 5.74) is 0.533. The molecule has 1 aromatic rings. The summed E-state index contributed by atoms with van der Waals surface area (Å²) in [5.74, 6) is -0.615. The monoisotopic (exact) mass is 259 g/mol. The largest absolute Gasteiger partial charge is 0.387 e. The third-order valence-corrected chi connectivity index (χ3v) is 4.43. The van der Waals surface area contributed by atoms with Gasteiger partial charge in [-0.25, -0.2) is 0 Å². The van der Waals surface area contributed by atoms with Gasteiger partial charge in [-0.05, 0) is 11.0 Å². The number of carbonyl (C=O) groups excluding carboxylic acids is 2. The van der Waals surface area contributed by atoms with Crippen LogP contribution in [-0.2, 0) is 9.59 Å². The molecule has 0 spiro atoms. The average Bonchev–Trinajstić information content (AvgIpc) is 2.87. The highest BCUT2D eigenvalue weighted by molar-refractivity contribution is 6.10. The van der Waals surface area contributed by atoms with Crippen molar-refractivity contribution >= 4 is 11.8 Å². The summed E-state index contributed by atoms with van der Waals surface area (Å²) in [6.07, 6.45) is -0.810. The van der Waals surface area contributed by atoms with Gasteiger partial charge in [0.25, 0.3) is 0 Å². The first-order valence-electron chi connectivity index (χ1n) is 6.53. The van der Waals surface area contributed by atoms with Gasteiger partial charge in [-0.3, -0.25) is 14.5 Å². The number of hydrogen-bond donors (Lipinski definition) is 1. The van der Waals surface area contributed by atoms with Crippen LogP contribution < -0.4 is 0 Å². The molecular formula is C15H17NO3. The Morgan fingerprint density at radius 2 is 1.68 bits per heavy atom. The van der Waals surface area contributed by atoms with Crippen LogP contribution in [0.5, 0.6) is 0 Å². The minimum absolute atomic E-state index is 0.0603. The van der Waals surface area contributed by atoms with E-state index in [1.165, 1.54) is 4.90 Å². The van der Waals surface area contributed by atoms with E-state index in [0.717, 1.165) is 5.56 Å². The van der Waals surface area contributed by atoms with Crippen LogP contribution in [0.3, 0.4) is 0 Å². The standard InChI is InChI=1S/C15H17NO3/c1-15(2)11-12(15)14(19)16(13(11)18)8-10(17)9-6-4-3-5-7-9/h3-7,10-12,17H,8H2,1-2H3. The number of hydrogen-bond acceptors (Lipinski definition) is 3. The Morgan fingerprint density at radius 3 is 2.21 bits per heavy atom. The second-order valence-electron chi connectivity index (χ2n) is 5.99. The van der Waals surface area contributed by atoms with Crippen LogP contribution in [0.2, 0.25) is 0 Å². The molecular weight excluding hydrogens is 242 g/mol. The number of carbonyl (C=O) groups is 2. The van der Waals surface area contributed by atoms with Crippen molar-refractivity contribution in [2.45, 2.75) is 20.0 Å². The first-order valence-corrected chi connectivity index (χ1v) is 6.53. The molecule has 1 aliphatic carbocycles. The van der Waals surface area contributed by atoms with Gasteiger partial charge in [0.15, 0.2) is 0 Å². The molecule has 2 fully saturated rings. The summed E-state index contributed by atoms with van der Waals surface area (Å²) in [6.45, 7) is 3.96. The zero-order valence-electron chi connectivity index (χ0n) is 11.0. The van der Waals surface area contributed by atoms with Gasteiger partial charge >= 0.3 is 0 Å². The fourth-order valence-electron chi connectivity index (χ4n) is 3.14. The summed E-state index contributed by atoms with van der Waals surface area (Å²) in [6, 6.07) is 9.10. The van der Waals surface area contributed by atoms with E-state index in [-0.39, 0.29) is 35.6 Å². The first-order chi connectivity index (χ1) is 8.94. The Kier molecular flexibility index (Phi) is 2.54. The van der Waals surface area contributed by atoms with E-state index < -0.39 is 6.10 Å². The van der Waals surface area contributed by atoms with Crippen LogP contribution in [0.1, 0.15) is 25.5 Å². The van der Waals surface area contributed by atoms with Crippen molar-refractivity contribution in [1.82, 2.24) is 4.90 Å². The zero-order chi connectivity index (χ0) is 13.8. The van der Waals surface area contributed by atoms with Crippen LogP contribution in [-0.4, -0.2) is 28.4 Å². The Labute approximate surface area is 112 Å². The highest BCUT2D eigenvalue weighted by Gasteiger charge is 2.72. The molecule has 1 aromatic carbocycles. The number of benzene rings is 1. The van der Waals surface area contributed by atoms with Gasteiger partial charge in [-0.1, -0.05) is 44.2 Å². The second kappa shape index (κ2) is 3.90. The van der Waals surface area contributed by atoms with Crippen LogP contribution in [0.25, 0.3) is 0 Å². The molecule has 0 radical (unpaired) electrons. The third kappa shape index (κ3) is 1.70. The lowest BCUT2D eigenvalue weighted by Crippen LogP contribution is -2.39. The van der Waals surface area contributed by atoms with E-state index in [1.807, 2.05) is 32.0 Å². The van der Waals surface area contributed by atoms with Crippen LogP contribution in [0.4, 0.5) is 0 Å². The van der Waals surface area contributed by atoms with Gasteiger partial charge in [0, 0.05) is 0 Å². The summed E-state index contributed by atoms with van der Waals surface area (Å²) in [7, 11) is 0. The van der Waals surface area contributed by atoms with Gasteiger partial charge in [0.2, 0.25) is 11.8 Å². The molecule has 0 aromatic heterocycles. The maximum Gasteiger partial charge on any atom is 0.233 e. The summed E-state index contributed by atoms with van der Waals surface area (Å²) < 4.78 is 0. The Bertz CT molecular complexity index is 514. The number of imide groups is 1. The maximum absolute atomic E-state index is 12.1. The minimum Gasteiger partial charge on any atom is -0.387 e. The quantitative estimate of drug-likeness (QED) is 0.834. The predicted octanol–water partition coefficient (Wildman–Crippen LogP) is 1.36. The topological polar surface area (TPSA) is 57.6 Å². The van der Waals surface area contributed by atoms with Crippen molar-refractivity contribution in [2.75, 3.05) is 6.54 Å². The number of aliphatic hydroxyl groups excluding tert-OH is 1. The summed E-state index contributed by atoms with van der Waals surface area (Å²) >= 11 is 0. The van der Waals surface area contributed by atoms with Gasteiger partial charge < -0.3 is 5.11 Å². The van der Waals surface area contributed by atoms with Crippen molar-refractivity contribution in [2.24, 2.45) is 17.3 Å². The lowest BCUT2D eigenvalue weighted by molar-refractivity contribution is -0.144. The molecule has 2 amide bonds. The maximum atomic E-state index is 12.1. The van der Waals surface area contributed by atoms with Crippen molar-refractivity contribution in [3.8, 4) is 0 Å². The Morgan fingerprint density at radius 1 is 1.16 bits per heavy atom.